The number of benzene rings is 2. The topological polar surface area (TPSA) is 40.6 Å². The van der Waals surface area contributed by atoms with Crippen LogP contribution in [-0.4, -0.2) is 53.0 Å². The number of allylic oxidation sites excluding steroid dienone is 2. The SMILES string of the molecule is O=C(CCl)N1CC2C(=CC=C2C2CN(C(=O)CCl)Cc3ccccc32)C(c2ccccc2)C1. The number of piperidine rings is 1. The van der Waals surface area contributed by atoms with Crippen molar-refractivity contribution in [3.8, 4) is 0 Å². The van der Waals surface area contributed by atoms with Crippen LogP contribution in [0, 0.1) is 5.92 Å². The Morgan fingerprint density at radius 3 is 2.03 bits per heavy atom. The number of carbonyl (C=O) groups excluding carboxylic acids is 2. The molecule has 1 saturated heterocycles. The van der Waals surface area contributed by atoms with Crippen molar-refractivity contribution in [1.29, 1.82) is 0 Å². The number of carbonyl (C=O) groups is 2. The first-order valence-corrected chi connectivity index (χ1v) is 12.4. The van der Waals surface area contributed by atoms with Crippen LogP contribution in [0.5, 0.6) is 0 Å². The van der Waals surface area contributed by atoms with Crippen LogP contribution in [0.15, 0.2) is 77.9 Å². The molecule has 2 aromatic carbocycles. The number of alkyl halides is 2. The Morgan fingerprint density at radius 1 is 0.727 bits per heavy atom. The first-order valence-electron chi connectivity index (χ1n) is 11.3. The van der Waals surface area contributed by atoms with Gasteiger partial charge < -0.3 is 9.80 Å². The summed E-state index contributed by atoms with van der Waals surface area (Å²) in [6.45, 7) is 2.44. The quantitative estimate of drug-likeness (QED) is 0.595. The minimum atomic E-state index is -0.0484. The van der Waals surface area contributed by atoms with Crippen molar-refractivity contribution in [1.82, 2.24) is 9.80 Å². The minimum Gasteiger partial charge on any atom is -0.340 e. The summed E-state index contributed by atoms with van der Waals surface area (Å²) >= 11 is 11.9. The third kappa shape index (κ3) is 4.11. The maximum absolute atomic E-state index is 12.7. The van der Waals surface area contributed by atoms with Gasteiger partial charge in [0.25, 0.3) is 0 Å². The molecule has 2 amide bonds. The molecule has 5 rings (SSSR count). The highest BCUT2D eigenvalue weighted by Gasteiger charge is 2.42. The summed E-state index contributed by atoms with van der Waals surface area (Å²) < 4.78 is 0. The van der Waals surface area contributed by atoms with E-state index in [4.69, 9.17) is 23.2 Å². The number of halogens is 2. The molecule has 33 heavy (non-hydrogen) atoms. The number of nitrogens with zero attached hydrogens (tertiary/aromatic N) is 2. The number of fused-ring (bicyclic) bond motifs is 2. The van der Waals surface area contributed by atoms with Crippen LogP contribution in [0.3, 0.4) is 0 Å². The van der Waals surface area contributed by atoms with Crippen LogP contribution in [-0.2, 0) is 16.1 Å². The van der Waals surface area contributed by atoms with Gasteiger partial charge in [0.15, 0.2) is 0 Å². The van der Waals surface area contributed by atoms with Crippen LogP contribution < -0.4 is 0 Å². The van der Waals surface area contributed by atoms with Gasteiger partial charge in [-0.3, -0.25) is 9.59 Å². The summed E-state index contributed by atoms with van der Waals surface area (Å²) in [4.78, 5) is 29.0. The summed E-state index contributed by atoms with van der Waals surface area (Å²) in [5.74, 6) is 0.193. The highest BCUT2D eigenvalue weighted by Crippen LogP contribution is 2.48. The monoisotopic (exact) mass is 480 g/mol. The molecule has 0 aromatic heterocycles. The molecule has 0 bridgehead atoms. The molecule has 3 aliphatic rings. The van der Waals surface area contributed by atoms with E-state index in [0.29, 0.717) is 26.2 Å². The second kappa shape index (κ2) is 9.36. The Morgan fingerprint density at radius 2 is 1.30 bits per heavy atom. The van der Waals surface area contributed by atoms with E-state index in [9.17, 15) is 9.59 Å². The van der Waals surface area contributed by atoms with Crippen molar-refractivity contribution in [3.05, 3.63) is 94.6 Å². The highest BCUT2D eigenvalue weighted by molar-refractivity contribution is 6.27. The van der Waals surface area contributed by atoms with Crippen molar-refractivity contribution in [2.45, 2.75) is 18.4 Å². The van der Waals surface area contributed by atoms with Gasteiger partial charge in [-0.2, -0.15) is 0 Å². The van der Waals surface area contributed by atoms with Gasteiger partial charge in [-0.05, 0) is 16.7 Å². The summed E-state index contributed by atoms with van der Waals surface area (Å²) in [7, 11) is 0. The summed E-state index contributed by atoms with van der Waals surface area (Å²) in [5, 5.41) is 0. The van der Waals surface area contributed by atoms with E-state index in [2.05, 4.69) is 42.5 Å². The summed E-state index contributed by atoms with van der Waals surface area (Å²) in [5.41, 5.74) is 6.23. The molecule has 4 nitrogen and oxygen atoms in total. The summed E-state index contributed by atoms with van der Waals surface area (Å²) in [6, 6.07) is 18.7. The molecule has 0 N–H and O–H groups in total. The fourth-order valence-electron chi connectivity index (χ4n) is 5.60. The first-order chi connectivity index (χ1) is 16.1. The van der Waals surface area contributed by atoms with Crippen LogP contribution in [0.1, 0.15) is 28.5 Å². The van der Waals surface area contributed by atoms with Crippen molar-refractivity contribution in [2.75, 3.05) is 31.4 Å². The van der Waals surface area contributed by atoms with Gasteiger partial charge in [-0.1, -0.05) is 77.9 Å². The Kier molecular flexibility index (Phi) is 6.31. The van der Waals surface area contributed by atoms with Gasteiger partial charge in [0.05, 0.1) is 0 Å². The van der Waals surface area contributed by atoms with E-state index in [1.54, 1.807) is 0 Å². The lowest BCUT2D eigenvalue weighted by atomic mass is 9.73. The number of hydrogen-bond acceptors (Lipinski definition) is 2. The lowest BCUT2D eigenvalue weighted by molar-refractivity contribution is -0.130. The number of likely N-dealkylation sites (tertiary alicyclic amines) is 1. The van der Waals surface area contributed by atoms with E-state index in [1.165, 1.54) is 22.3 Å². The third-order valence-electron chi connectivity index (χ3n) is 7.21. The zero-order valence-corrected chi connectivity index (χ0v) is 19.8. The average Bonchev–Trinajstić information content (AvgIpc) is 3.30. The molecule has 2 aliphatic heterocycles. The normalized spacial score (nSPS) is 24.0. The molecule has 1 fully saturated rings. The van der Waals surface area contributed by atoms with Gasteiger partial charge in [0.1, 0.15) is 11.8 Å². The van der Waals surface area contributed by atoms with Crippen molar-refractivity contribution >= 4 is 35.0 Å². The summed E-state index contributed by atoms with van der Waals surface area (Å²) in [6.07, 6.45) is 4.46. The van der Waals surface area contributed by atoms with Crippen LogP contribution in [0.25, 0.3) is 0 Å². The van der Waals surface area contributed by atoms with Gasteiger partial charge >= 0.3 is 0 Å². The van der Waals surface area contributed by atoms with Gasteiger partial charge in [0.2, 0.25) is 11.8 Å². The van der Waals surface area contributed by atoms with E-state index < -0.39 is 0 Å². The molecule has 3 atom stereocenters. The molecule has 1 aliphatic carbocycles. The fourth-order valence-corrected chi connectivity index (χ4v) is 5.94. The molecule has 6 heteroatoms. The number of rotatable bonds is 4. The first kappa shape index (κ1) is 22.2. The van der Waals surface area contributed by atoms with E-state index in [-0.39, 0.29) is 41.3 Å². The highest BCUT2D eigenvalue weighted by atomic mass is 35.5. The lowest BCUT2D eigenvalue weighted by Crippen LogP contribution is -2.46. The maximum atomic E-state index is 12.7. The standard InChI is InChI=1S/C27H26Cl2N2O2/c28-12-26(32)30-14-19-8-4-5-9-20(19)24(16-30)22-11-10-21-23(18-6-2-1-3-7-18)15-31(17-25(21)22)27(33)13-29/h1-11,23-25H,12-17H2. The van der Waals surface area contributed by atoms with E-state index in [0.717, 1.165) is 5.56 Å². The molecular formula is C27H26Cl2N2O2. The average molecular weight is 481 g/mol. The van der Waals surface area contributed by atoms with Gasteiger partial charge in [-0.15, -0.1) is 23.2 Å². The van der Waals surface area contributed by atoms with Crippen molar-refractivity contribution in [2.24, 2.45) is 5.92 Å². The van der Waals surface area contributed by atoms with Crippen molar-refractivity contribution < 1.29 is 9.59 Å². The predicted molar refractivity (Wildman–Crippen MR) is 131 cm³/mol. The second-order valence-electron chi connectivity index (χ2n) is 8.94. The maximum Gasteiger partial charge on any atom is 0.237 e. The minimum absolute atomic E-state index is 0.0173. The molecule has 0 spiro atoms. The van der Waals surface area contributed by atoms with Crippen molar-refractivity contribution in [3.63, 3.8) is 0 Å². The molecule has 170 valence electrons. The Hall–Kier alpha value is -2.56. The zero-order chi connectivity index (χ0) is 22.9. The Bertz CT molecular complexity index is 1130. The molecule has 3 unspecified atom stereocenters. The molecule has 0 radical (unpaired) electrons. The van der Waals surface area contributed by atoms with Crippen LogP contribution in [0.2, 0.25) is 0 Å². The van der Waals surface area contributed by atoms with Gasteiger partial charge in [0, 0.05) is 43.9 Å². The van der Waals surface area contributed by atoms with Gasteiger partial charge in [-0.25, -0.2) is 0 Å². The van der Waals surface area contributed by atoms with Crippen LogP contribution >= 0.6 is 23.2 Å². The fraction of sp³-hybridized carbons (Fsp3) is 0.333. The zero-order valence-electron chi connectivity index (χ0n) is 18.3. The smallest absolute Gasteiger partial charge is 0.237 e. The third-order valence-corrected chi connectivity index (χ3v) is 7.67. The Labute approximate surface area is 204 Å². The number of hydrogen-bond donors (Lipinski definition) is 0. The Balaban J connectivity index is 1.51. The lowest BCUT2D eigenvalue weighted by Gasteiger charge is -2.43. The molecule has 0 saturated carbocycles. The van der Waals surface area contributed by atoms with Crippen LogP contribution in [0.4, 0.5) is 0 Å². The molecular weight excluding hydrogens is 455 g/mol. The van der Waals surface area contributed by atoms with E-state index >= 15 is 0 Å². The molecule has 2 aromatic rings. The predicted octanol–water partition coefficient (Wildman–Crippen LogP) is 4.70. The number of amides is 2. The van der Waals surface area contributed by atoms with E-state index in [1.807, 2.05) is 34.1 Å². The largest absolute Gasteiger partial charge is 0.340 e. The molecule has 2 heterocycles. The second-order valence-corrected chi connectivity index (χ2v) is 9.48.